The number of halogens is 1. The first kappa shape index (κ1) is 23.0. The van der Waals surface area contributed by atoms with Gasteiger partial charge in [-0.05, 0) is 66.0 Å². The average Bonchev–Trinajstić information content (AvgIpc) is 3.41. The number of carbonyl (C=O) groups excluding carboxylic acids is 1. The molecule has 1 aliphatic carbocycles. The number of anilines is 1. The van der Waals surface area contributed by atoms with Gasteiger partial charge in [0.05, 0.1) is 22.0 Å². The molecule has 0 bridgehead atoms. The van der Waals surface area contributed by atoms with Crippen molar-refractivity contribution in [3.63, 3.8) is 0 Å². The molecule has 1 aliphatic rings. The summed E-state index contributed by atoms with van der Waals surface area (Å²) in [7, 11) is 1.67. The molecule has 7 heteroatoms. The predicted octanol–water partition coefficient (Wildman–Crippen LogP) is 8.99. The Hall–Kier alpha value is -2.80. The Morgan fingerprint density at radius 1 is 1.09 bits per heavy atom. The van der Waals surface area contributed by atoms with E-state index in [9.17, 15) is 4.79 Å². The van der Waals surface area contributed by atoms with Gasteiger partial charge in [-0.1, -0.05) is 54.1 Å². The molecule has 1 unspecified atom stereocenters. The molecule has 2 aromatic heterocycles. The highest BCUT2D eigenvalue weighted by Crippen LogP contribution is 2.44. The number of thiophene rings is 2. The number of amides is 1. The molecule has 1 saturated carbocycles. The summed E-state index contributed by atoms with van der Waals surface area (Å²) in [6, 6.07) is 20.4. The van der Waals surface area contributed by atoms with E-state index in [1.54, 1.807) is 24.5 Å². The van der Waals surface area contributed by atoms with Crippen LogP contribution >= 0.6 is 34.3 Å². The van der Waals surface area contributed by atoms with Crippen molar-refractivity contribution >= 4 is 46.1 Å². The topological polar surface area (TPSA) is 47.6 Å². The van der Waals surface area contributed by atoms with Gasteiger partial charge in [0.2, 0.25) is 0 Å². The van der Waals surface area contributed by atoms with E-state index >= 15 is 0 Å². The van der Waals surface area contributed by atoms with E-state index in [4.69, 9.17) is 21.1 Å². The quantitative estimate of drug-likeness (QED) is 0.270. The second kappa shape index (κ2) is 9.82. The highest BCUT2D eigenvalue weighted by atomic mass is 35.5. The summed E-state index contributed by atoms with van der Waals surface area (Å²) in [6.07, 6.45) is 1.73. The number of hydrogen-bond acceptors (Lipinski definition) is 5. The molecule has 0 spiro atoms. The van der Waals surface area contributed by atoms with Gasteiger partial charge in [0.1, 0.15) is 11.9 Å². The van der Waals surface area contributed by atoms with Crippen LogP contribution in [0.2, 0.25) is 4.34 Å². The van der Waals surface area contributed by atoms with Crippen LogP contribution in [0.15, 0.2) is 66.0 Å². The molecule has 5 rings (SSSR count). The molecule has 34 heavy (non-hydrogen) atoms. The Kier molecular flexibility index (Phi) is 6.63. The Balaban J connectivity index is 1.37. The minimum atomic E-state index is -0.518. The maximum atomic E-state index is 12.6. The number of ether oxygens (including phenoxy) is 2. The van der Waals surface area contributed by atoms with Gasteiger partial charge in [-0.25, -0.2) is 4.79 Å². The van der Waals surface area contributed by atoms with Crippen LogP contribution in [0, 0.1) is 0 Å². The number of rotatable bonds is 7. The third-order valence-electron chi connectivity index (χ3n) is 5.90. The largest absolute Gasteiger partial charge is 0.496 e. The summed E-state index contributed by atoms with van der Waals surface area (Å²) >= 11 is 9.28. The van der Waals surface area contributed by atoms with E-state index in [-0.39, 0.29) is 6.10 Å². The molecule has 1 atom stereocenters. The third kappa shape index (κ3) is 4.99. The zero-order valence-corrected chi connectivity index (χ0v) is 21.2. The normalized spacial score (nSPS) is 14.0. The van der Waals surface area contributed by atoms with E-state index in [2.05, 4.69) is 35.6 Å². The molecule has 1 fully saturated rings. The number of benzene rings is 2. The van der Waals surface area contributed by atoms with Gasteiger partial charge in [0.15, 0.2) is 0 Å². The third-order valence-corrected chi connectivity index (χ3v) is 8.25. The second-order valence-corrected chi connectivity index (χ2v) is 11.0. The van der Waals surface area contributed by atoms with Crippen molar-refractivity contribution in [3.05, 3.63) is 80.8 Å². The van der Waals surface area contributed by atoms with Gasteiger partial charge in [0, 0.05) is 10.4 Å². The van der Waals surface area contributed by atoms with E-state index in [1.807, 2.05) is 36.6 Å². The molecule has 0 saturated heterocycles. The van der Waals surface area contributed by atoms with Gasteiger partial charge in [0.25, 0.3) is 0 Å². The summed E-state index contributed by atoms with van der Waals surface area (Å²) in [5.41, 5.74) is 5.07. The molecule has 2 heterocycles. The Bertz CT molecular complexity index is 1290. The Morgan fingerprint density at radius 2 is 1.85 bits per heavy atom. The van der Waals surface area contributed by atoms with Crippen molar-refractivity contribution in [1.82, 2.24) is 0 Å². The van der Waals surface area contributed by atoms with Crippen molar-refractivity contribution in [2.45, 2.75) is 31.8 Å². The maximum Gasteiger partial charge on any atom is 0.412 e. The van der Waals surface area contributed by atoms with Crippen LogP contribution in [-0.2, 0) is 4.74 Å². The SMILES string of the molecule is COc1cc(-c2sc(Cl)cc2NC(=O)OC(C)c2cccs2)ccc1-c1ccc(C2CC2)cc1. The molecular formula is C27H24ClNO3S2. The van der Waals surface area contributed by atoms with Crippen molar-refractivity contribution in [3.8, 4) is 27.3 Å². The fourth-order valence-corrected chi connectivity index (χ4v) is 5.86. The molecule has 174 valence electrons. The number of nitrogens with one attached hydrogen (secondary N) is 1. The van der Waals surface area contributed by atoms with Crippen LogP contribution in [0.1, 0.15) is 42.2 Å². The molecule has 1 N–H and O–H groups in total. The van der Waals surface area contributed by atoms with Crippen LogP contribution in [0.25, 0.3) is 21.6 Å². The fraction of sp³-hybridized carbons (Fsp3) is 0.222. The lowest BCUT2D eigenvalue weighted by atomic mass is 9.99. The van der Waals surface area contributed by atoms with Crippen LogP contribution in [-0.4, -0.2) is 13.2 Å². The molecule has 0 aliphatic heterocycles. The highest BCUT2D eigenvalue weighted by molar-refractivity contribution is 7.20. The lowest BCUT2D eigenvalue weighted by molar-refractivity contribution is 0.123. The standard InChI is InChI=1S/C27H24ClNO3S2/c1-16(24-4-3-13-33-24)32-27(30)29-22-15-25(28)34-26(22)20-11-12-21(23(14-20)31-2)19-9-7-18(8-10-19)17-5-6-17/h3-4,7-17H,5-6H2,1-2H3,(H,29,30). The van der Waals surface area contributed by atoms with Crippen LogP contribution < -0.4 is 10.1 Å². The van der Waals surface area contributed by atoms with Crippen molar-refractivity contribution in [2.75, 3.05) is 12.4 Å². The van der Waals surface area contributed by atoms with Gasteiger partial charge >= 0.3 is 6.09 Å². The van der Waals surface area contributed by atoms with E-state index in [0.29, 0.717) is 10.0 Å². The lowest BCUT2D eigenvalue weighted by Gasteiger charge is -2.14. The van der Waals surface area contributed by atoms with E-state index in [0.717, 1.165) is 38.1 Å². The predicted molar refractivity (Wildman–Crippen MR) is 142 cm³/mol. The zero-order chi connectivity index (χ0) is 23.7. The number of carbonyl (C=O) groups is 1. The number of hydrogen-bond donors (Lipinski definition) is 1. The van der Waals surface area contributed by atoms with Crippen LogP contribution in [0.4, 0.5) is 10.5 Å². The first-order valence-electron chi connectivity index (χ1n) is 11.1. The van der Waals surface area contributed by atoms with E-state index < -0.39 is 6.09 Å². The van der Waals surface area contributed by atoms with E-state index in [1.165, 1.54) is 29.7 Å². The van der Waals surface area contributed by atoms with Gasteiger partial charge in [-0.3, -0.25) is 5.32 Å². The summed E-state index contributed by atoms with van der Waals surface area (Å²) in [5.74, 6) is 1.49. The summed E-state index contributed by atoms with van der Waals surface area (Å²) < 4.78 is 11.9. The fourth-order valence-electron chi connectivity index (χ4n) is 3.97. The zero-order valence-electron chi connectivity index (χ0n) is 18.8. The van der Waals surface area contributed by atoms with Gasteiger partial charge < -0.3 is 9.47 Å². The summed E-state index contributed by atoms with van der Waals surface area (Å²) in [5, 5.41) is 4.82. The summed E-state index contributed by atoms with van der Waals surface area (Å²) in [4.78, 5) is 14.4. The second-order valence-electron chi connectivity index (χ2n) is 8.29. The maximum absolute atomic E-state index is 12.6. The highest BCUT2D eigenvalue weighted by Gasteiger charge is 2.23. The van der Waals surface area contributed by atoms with Crippen molar-refractivity contribution in [1.29, 1.82) is 0 Å². The Morgan fingerprint density at radius 3 is 2.53 bits per heavy atom. The lowest BCUT2D eigenvalue weighted by Crippen LogP contribution is -2.15. The van der Waals surface area contributed by atoms with Crippen LogP contribution in [0.5, 0.6) is 5.75 Å². The molecule has 1 amide bonds. The average molecular weight is 510 g/mol. The first-order valence-corrected chi connectivity index (χ1v) is 13.2. The molecule has 4 nitrogen and oxygen atoms in total. The van der Waals surface area contributed by atoms with Crippen molar-refractivity contribution in [2.24, 2.45) is 0 Å². The smallest absolute Gasteiger partial charge is 0.412 e. The van der Waals surface area contributed by atoms with Crippen molar-refractivity contribution < 1.29 is 14.3 Å². The molecule has 2 aromatic carbocycles. The minimum Gasteiger partial charge on any atom is -0.496 e. The van der Waals surface area contributed by atoms with Gasteiger partial charge in [-0.2, -0.15) is 0 Å². The van der Waals surface area contributed by atoms with Gasteiger partial charge in [-0.15, -0.1) is 22.7 Å². The molecular weight excluding hydrogens is 486 g/mol. The number of methoxy groups -OCH3 is 1. The first-order chi connectivity index (χ1) is 16.5. The minimum absolute atomic E-state index is 0.330. The monoisotopic (exact) mass is 509 g/mol. The van der Waals surface area contributed by atoms with Crippen LogP contribution in [0.3, 0.4) is 0 Å². The Labute approximate surface area is 212 Å². The molecule has 4 aromatic rings. The summed E-state index contributed by atoms with van der Waals surface area (Å²) in [6.45, 7) is 1.85. The molecule has 0 radical (unpaired) electrons.